The van der Waals surface area contributed by atoms with Crippen molar-refractivity contribution in [3.8, 4) is 5.75 Å². The molecule has 4 nitrogen and oxygen atoms in total. The first-order valence-electron chi connectivity index (χ1n) is 6.14. The number of rotatable bonds is 3. The standard InChI is InChI=1S/C13H15N3OS/c14-13-16-15-12(18-13)8-17-11-6-5-9-3-1-2-4-10(9)7-11/h5-7H,1-4,8H2,(H2,14,16). The van der Waals surface area contributed by atoms with Crippen LogP contribution in [-0.2, 0) is 19.4 Å². The molecule has 0 amide bonds. The number of fused-ring (bicyclic) bond motifs is 1. The van der Waals surface area contributed by atoms with Gasteiger partial charge in [-0.2, -0.15) is 0 Å². The van der Waals surface area contributed by atoms with Crippen molar-refractivity contribution in [1.82, 2.24) is 10.2 Å². The molecule has 1 aromatic heterocycles. The highest BCUT2D eigenvalue weighted by atomic mass is 32.1. The van der Waals surface area contributed by atoms with E-state index in [0.29, 0.717) is 11.7 Å². The van der Waals surface area contributed by atoms with E-state index in [1.807, 2.05) is 6.07 Å². The summed E-state index contributed by atoms with van der Waals surface area (Å²) in [5.41, 5.74) is 8.42. The molecule has 2 N–H and O–H groups in total. The van der Waals surface area contributed by atoms with Crippen molar-refractivity contribution in [3.05, 3.63) is 34.3 Å². The van der Waals surface area contributed by atoms with Crippen molar-refractivity contribution in [2.75, 3.05) is 5.73 Å². The number of anilines is 1. The maximum atomic E-state index is 5.72. The molecular formula is C13H15N3OS. The second kappa shape index (κ2) is 4.94. The minimum atomic E-state index is 0.438. The fraction of sp³-hybridized carbons (Fsp3) is 0.385. The lowest BCUT2D eigenvalue weighted by atomic mass is 9.92. The van der Waals surface area contributed by atoms with Crippen LogP contribution >= 0.6 is 11.3 Å². The monoisotopic (exact) mass is 261 g/mol. The Hall–Kier alpha value is -1.62. The van der Waals surface area contributed by atoms with Crippen LogP contribution in [-0.4, -0.2) is 10.2 Å². The second-order valence-electron chi connectivity index (χ2n) is 4.46. The summed E-state index contributed by atoms with van der Waals surface area (Å²) in [5, 5.41) is 9.00. The summed E-state index contributed by atoms with van der Waals surface area (Å²) in [6.07, 6.45) is 4.95. The summed E-state index contributed by atoms with van der Waals surface area (Å²) in [4.78, 5) is 0. The summed E-state index contributed by atoms with van der Waals surface area (Å²) in [6.45, 7) is 0.438. The van der Waals surface area contributed by atoms with Crippen molar-refractivity contribution in [1.29, 1.82) is 0 Å². The smallest absolute Gasteiger partial charge is 0.203 e. The highest BCUT2D eigenvalue weighted by Gasteiger charge is 2.10. The largest absolute Gasteiger partial charge is 0.486 e. The third kappa shape index (κ3) is 2.46. The Labute approximate surface area is 110 Å². The molecule has 0 saturated carbocycles. The third-order valence-corrected chi connectivity index (χ3v) is 3.89. The van der Waals surface area contributed by atoms with E-state index < -0.39 is 0 Å². The van der Waals surface area contributed by atoms with Crippen LogP contribution in [0.25, 0.3) is 0 Å². The number of nitrogen functional groups attached to an aromatic ring is 1. The summed E-state index contributed by atoms with van der Waals surface area (Å²) < 4.78 is 5.72. The molecule has 0 saturated heterocycles. The Morgan fingerprint density at radius 2 is 2.00 bits per heavy atom. The molecule has 0 unspecified atom stereocenters. The predicted molar refractivity (Wildman–Crippen MR) is 71.7 cm³/mol. The molecule has 2 aromatic rings. The molecule has 0 aliphatic heterocycles. The lowest BCUT2D eigenvalue weighted by Crippen LogP contribution is -2.03. The molecule has 0 spiro atoms. The third-order valence-electron chi connectivity index (χ3n) is 3.16. The Balaban J connectivity index is 1.69. The predicted octanol–water partition coefficient (Wildman–Crippen LogP) is 2.58. The fourth-order valence-electron chi connectivity index (χ4n) is 2.27. The topological polar surface area (TPSA) is 61.0 Å². The van der Waals surface area contributed by atoms with E-state index in [2.05, 4.69) is 22.3 Å². The number of benzene rings is 1. The maximum Gasteiger partial charge on any atom is 0.203 e. The quantitative estimate of drug-likeness (QED) is 0.922. The van der Waals surface area contributed by atoms with Gasteiger partial charge in [0, 0.05) is 0 Å². The van der Waals surface area contributed by atoms with Crippen molar-refractivity contribution >= 4 is 16.5 Å². The van der Waals surface area contributed by atoms with Gasteiger partial charge < -0.3 is 10.5 Å². The normalized spacial score (nSPS) is 14.2. The first-order chi connectivity index (χ1) is 8.81. The van der Waals surface area contributed by atoms with Gasteiger partial charge in [-0.3, -0.25) is 0 Å². The number of aryl methyl sites for hydroxylation is 2. The zero-order chi connectivity index (χ0) is 12.4. The minimum Gasteiger partial charge on any atom is -0.486 e. The fourth-order valence-corrected chi connectivity index (χ4v) is 2.79. The molecule has 5 heteroatoms. The van der Waals surface area contributed by atoms with Crippen molar-refractivity contribution in [3.63, 3.8) is 0 Å². The molecule has 1 aromatic carbocycles. The number of hydrogen-bond donors (Lipinski definition) is 1. The molecule has 0 atom stereocenters. The SMILES string of the molecule is Nc1nnc(COc2ccc3c(c2)CCCC3)s1. The Bertz CT molecular complexity index is 553. The highest BCUT2D eigenvalue weighted by Crippen LogP contribution is 2.26. The highest BCUT2D eigenvalue weighted by molar-refractivity contribution is 7.15. The Morgan fingerprint density at radius 3 is 2.78 bits per heavy atom. The van der Waals surface area contributed by atoms with Gasteiger partial charge in [-0.1, -0.05) is 17.4 Å². The van der Waals surface area contributed by atoms with Crippen molar-refractivity contribution < 1.29 is 4.74 Å². The molecule has 0 bridgehead atoms. The van der Waals surface area contributed by atoms with Gasteiger partial charge in [0.15, 0.2) is 5.01 Å². The molecule has 3 rings (SSSR count). The summed E-state index contributed by atoms with van der Waals surface area (Å²) in [6, 6.07) is 6.37. The van der Waals surface area contributed by atoms with E-state index in [0.717, 1.165) is 17.2 Å². The molecular weight excluding hydrogens is 246 g/mol. The van der Waals surface area contributed by atoms with Crippen LogP contribution < -0.4 is 10.5 Å². The van der Waals surface area contributed by atoms with Gasteiger partial charge in [-0.05, 0) is 48.9 Å². The molecule has 94 valence electrons. The van der Waals surface area contributed by atoms with E-state index in [1.54, 1.807) is 0 Å². The van der Waals surface area contributed by atoms with E-state index >= 15 is 0 Å². The lowest BCUT2D eigenvalue weighted by Gasteiger charge is -2.16. The maximum absolute atomic E-state index is 5.72. The number of nitrogens with zero attached hydrogens (tertiary/aromatic N) is 2. The molecule has 1 aliphatic rings. The average Bonchev–Trinajstić information content (AvgIpc) is 2.82. The summed E-state index contributed by atoms with van der Waals surface area (Å²) in [5.74, 6) is 0.907. The average molecular weight is 261 g/mol. The molecule has 0 fully saturated rings. The number of ether oxygens (including phenoxy) is 1. The Morgan fingerprint density at radius 1 is 1.17 bits per heavy atom. The number of nitrogens with two attached hydrogens (primary N) is 1. The first-order valence-corrected chi connectivity index (χ1v) is 6.95. The van der Waals surface area contributed by atoms with Crippen molar-refractivity contribution in [2.24, 2.45) is 0 Å². The molecule has 0 radical (unpaired) electrons. The molecule has 18 heavy (non-hydrogen) atoms. The van der Waals surface area contributed by atoms with Crippen LogP contribution in [0.1, 0.15) is 29.0 Å². The summed E-state index contributed by atoms with van der Waals surface area (Å²) >= 11 is 1.37. The van der Waals surface area contributed by atoms with E-state index in [4.69, 9.17) is 10.5 Å². The van der Waals surface area contributed by atoms with Crippen molar-refractivity contribution in [2.45, 2.75) is 32.3 Å². The summed E-state index contributed by atoms with van der Waals surface area (Å²) in [7, 11) is 0. The minimum absolute atomic E-state index is 0.438. The number of aromatic nitrogens is 2. The van der Waals surface area contributed by atoms with Crippen LogP contribution in [0.5, 0.6) is 5.75 Å². The van der Waals surface area contributed by atoms with Crippen LogP contribution in [0.3, 0.4) is 0 Å². The van der Waals surface area contributed by atoms with Gasteiger partial charge in [0.1, 0.15) is 12.4 Å². The zero-order valence-corrected chi connectivity index (χ0v) is 10.9. The van der Waals surface area contributed by atoms with E-state index in [9.17, 15) is 0 Å². The lowest BCUT2D eigenvalue weighted by molar-refractivity contribution is 0.304. The van der Waals surface area contributed by atoms with Crippen LogP contribution in [0, 0.1) is 0 Å². The molecule has 1 aliphatic carbocycles. The molecule has 1 heterocycles. The van der Waals surface area contributed by atoms with Crippen LogP contribution in [0.15, 0.2) is 18.2 Å². The number of hydrogen-bond acceptors (Lipinski definition) is 5. The van der Waals surface area contributed by atoms with Gasteiger partial charge in [0.05, 0.1) is 0 Å². The first kappa shape index (κ1) is 11.5. The van der Waals surface area contributed by atoms with Gasteiger partial charge in [0.25, 0.3) is 0 Å². The Kier molecular flexibility index (Phi) is 3.15. The van der Waals surface area contributed by atoms with Gasteiger partial charge in [0.2, 0.25) is 5.13 Å². The van der Waals surface area contributed by atoms with E-state index in [1.165, 1.54) is 41.7 Å². The van der Waals surface area contributed by atoms with Crippen LogP contribution in [0.4, 0.5) is 5.13 Å². The van der Waals surface area contributed by atoms with Gasteiger partial charge >= 0.3 is 0 Å². The van der Waals surface area contributed by atoms with E-state index in [-0.39, 0.29) is 0 Å². The zero-order valence-electron chi connectivity index (χ0n) is 10.1. The van der Waals surface area contributed by atoms with Gasteiger partial charge in [-0.25, -0.2) is 0 Å². The second-order valence-corrected chi connectivity index (χ2v) is 5.55. The van der Waals surface area contributed by atoms with Crippen LogP contribution in [0.2, 0.25) is 0 Å². The van der Waals surface area contributed by atoms with Gasteiger partial charge in [-0.15, -0.1) is 10.2 Å².